The summed E-state index contributed by atoms with van der Waals surface area (Å²) in [4.78, 5) is 34.8. The van der Waals surface area contributed by atoms with Gasteiger partial charge in [-0.1, -0.05) is 13.8 Å². The smallest absolute Gasteiger partial charge is 0.303 e. The van der Waals surface area contributed by atoms with Crippen LogP contribution in [0, 0.1) is 15.5 Å². The molecule has 1 rings (SSSR count). The van der Waals surface area contributed by atoms with Crippen molar-refractivity contribution in [2.75, 3.05) is 6.54 Å². The van der Waals surface area contributed by atoms with E-state index >= 15 is 0 Å². The number of nitrogens with zero attached hydrogens (tertiary/aromatic N) is 1. The molecule has 1 heterocycles. The summed E-state index contributed by atoms with van der Waals surface area (Å²) >= 11 is 0. The zero-order valence-corrected chi connectivity index (χ0v) is 12.0. The average Bonchev–Trinajstić information content (AvgIpc) is 2.86. The number of nitrogens with one attached hydrogen (secondary N) is 2. The van der Waals surface area contributed by atoms with Crippen LogP contribution in [0.1, 0.15) is 43.6 Å². The largest absolute Gasteiger partial charge is 0.481 e. The van der Waals surface area contributed by atoms with E-state index in [-0.39, 0.29) is 23.2 Å². The van der Waals surface area contributed by atoms with E-state index in [4.69, 9.17) is 5.11 Å². The standard InChI is InChI=1S/C13H19N3O5/c1-13(2,4-3-11(17)18)5-6-14-12(19)10-7-9(8-15-10)16(20)21/h7-8,15H,3-6H2,1-2H3,(H,14,19)(H,17,18). The van der Waals surface area contributed by atoms with Crippen LogP contribution in [0.2, 0.25) is 0 Å². The van der Waals surface area contributed by atoms with E-state index in [9.17, 15) is 19.7 Å². The number of amides is 1. The molecule has 0 bridgehead atoms. The highest BCUT2D eigenvalue weighted by Crippen LogP contribution is 2.26. The molecule has 0 saturated carbocycles. The lowest BCUT2D eigenvalue weighted by Gasteiger charge is -2.23. The molecule has 0 saturated heterocycles. The summed E-state index contributed by atoms with van der Waals surface area (Å²) in [5, 5.41) is 21.8. The Labute approximate surface area is 121 Å². The van der Waals surface area contributed by atoms with E-state index in [2.05, 4.69) is 10.3 Å². The molecule has 0 unspecified atom stereocenters. The second-order valence-electron chi connectivity index (χ2n) is 5.59. The molecule has 116 valence electrons. The maximum atomic E-state index is 11.8. The minimum atomic E-state index is -0.842. The Morgan fingerprint density at radius 3 is 2.62 bits per heavy atom. The molecule has 8 heteroatoms. The van der Waals surface area contributed by atoms with Gasteiger partial charge in [-0.25, -0.2) is 0 Å². The molecule has 0 spiro atoms. The normalized spacial score (nSPS) is 11.1. The number of carbonyl (C=O) groups is 2. The number of aliphatic carboxylic acids is 1. The van der Waals surface area contributed by atoms with Crippen molar-refractivity contribution in [1.29, 1.82) is 0 Å². The Hall–Kier alpha value is -2.38. The summed E-state index contributed by atoms with van der Waals surface area (Å²) in [5.74, 6) is -1.26. The van der Waals surface area contributed by atoms with E-state index in [0.29, 0.717) is 19.4 Å². The zero-order chi connectivity index (χ0) is 16.0. The predicted octanol–water partition coefficient (Wildman–Crippen LogP) is 1.93. The van der Waals surface area contributed by atoms with Crippen LogP contribution < -0.4 is 5.32 Å². The van der Waals surface area contributed by atoms with Crippen LogP contribution in [0.25, 0.3) is 0 Å². The van der Waals surface area contributed by atoms with Crippen molar-refractivity contribution in [3.63, 3.8) is 0 Å². The molecular weight excluding hydrogens is 278 g/mol. The van der Waals surface area contributed by atoms with Gasteiger partial charge in [0.1, 0.15) is 5.69 Å². The van der Waals surface area contributed by atoms with Gasteiger partial charge < -0.3 is 15.4 Å². The summed E-state index contributed by atoms with van der Waals surface area (Å²) < 4.78 is 0. The lowest BCUT2D eigenvalue weighted by atomic mass is 9.84. The Bertz CT molecular complexity index is 536. The molecule has 0 atom stereocenters. The van der Waals surface area contributed by atoms with Gasteiger partial charge in [-0.2, -0.15) is 0 Å². The van der Waals surface area contributed by atoms with Crippen LogP contribution in [0.15, 0.2) is 12.3 Å². The summed E-state index contributed by atoms with van der Waals surface area (Å²) in [6, 6.07) is 1.17. The van der Waals surface area contributed by atoms with E-state index in [0.717, 1.165) is 6.20 Å². The van der Waals surface area contributed by atoms with Gasteiger partial charge in [-0.05, 0) is 18.3 Å². The Kier molecular flexibility index (Phi) is 5.45. The third-order valence-electron chi connectivity index (χ3n) is 3.23. The van der Waals surface area contributed by atoms with Crippen LogP contribution in [0.3, 0.4) is 0 Å². The molecule has 0 fully saturated rings. The maximum absolute atomic E-state index is 11.8. The molecule has 1 amide bonds. The number of hydrogen-bond donors (Lipinski definition) is 3. The first kappa shape index (κ1) is 16.7. The molecular formula is C13H19N3O5. The first-order valence-electron chi connectivity index (χ1n) is 6.54. The SMILES string of the molecule is CC(C)(CCNC(=O)c1cc([N+](=O)[O-])c[nH]1)CCC(=O)O. The summed E-state index contributed by atoms with van der Waals surface area (Å²) in [7, 11) is 0. The third kappa shape index (κ3) is 5.64. The zero-order valence-electron chi connectivity index (χ0n) is 12.0. The number of H-pyrrole nitrogens is 1. The van der Waals surface area contributed by atoms with Gasteiger partial charge in [0, 0.05) is 19.0 Å². The average molecular weight is 297 g/mol. The fourth-order valence-corrected chi connectivity index (χ4v) is 1.80. The van der Waals surface area contributed by atoms with Gasteiger partial charge in [0.15, 0.2) is 0 Å². The van der Waals surface area contributed by atoms with E-state index < -0.39 is 16.8 Å². The number of nitro groups is 1. The van der Waals surface area contributed by atoms with Crippen molar-refractivity contribution in [2.24, 2.45) is 5.41 Å². The van der Waals surface area contributed by atoms with Crippen LogP contribution in [-0.2, 0) is 4.79 Å². The minimum Gasteiger partial charge on any atom is -0.481 e. The number of carbonyl (C=O) groups excluding carboxylic acids is 1. The van der Waals surface area contributed by atoms with Crippen LogP contribution >= 0.6 is 0 Å². The van der Waals surface area contributed by atoms with Crippen molar-refractivity contribution in [2.45, 2.75) is 33.1 Å². The molecule has 1 aromatic heterocycles. The van der Waals surface area contributed by atoms with E-state index in [1.165, 1.54) is 6.07 Å². The topological polar surface area (TPSA) is 125 Å². The number of rotatable bonds is 8. The number of carboxylic acid groups (broad SMARTS) is 1. The Morgan fingerprint density at radius 1 is 1.43 bits per heavy atom. The fourth-order valence-electron chi connectivity index (χ4n) is 1.80. The second-order valence-corrected chi connectivity index (χ2v) is 5.59. The number of hydrogen-bond acceptors (Lipinski definition) is 4. The van der Waals surface area contributed by atoms with Crippen molar-refractivity contribution in [3.05, 3.63) is 28.1 Å². The quantitative estimate of drug-likeness (QED) is 0.499. The van der Waals surface area contributed by atoms with Crippen LogP contribution in [0.4, 0.5) is 5.69 Å². The molecule has 3 N–H and O–H groups in total. The number of carboxylic acids is 1. The van der Waals surface area contributed by atoms with Gasteiger partial charge in [0.2, 0.25) is 0 Å². The van der Waals surface area contributed by atoms with Crippen LogP contribution in [0.5, 0.6) is 0 Å². The van der Waals surface area contributed by atoms with Gasteiger partial charge >= 0.3 is 5.97 Å². The van der Waals surface area contributed by atoms with Gasteiger partial charge in [-0.15, -0.1) is 0 Å². The lowest BCUT2D eigenvalue weighted by molar-refractivity contribution is -0.384. The van der Waals surface area contributed by atoms with Crippen molar-refractivity contribution in [3.8, 4) is 0 Å². The van der Waals surface area contributed by atoms with Crippen LogP contribution in [-0.4, -0.2) is 33.4 Å². The third-order valence-corrected chi connectivity index (χ3v) is 3.23. The molecule has 21 heavy (non-hydrogen) atoms. The monoisotopic (exact) mass is 297 g/mol. The Morgan fingerprint density at radius 2 is 2.10 bits per heavy atom. The first-order valence-corrected chi connectivity index (χ1v) is 6.54. The highest BCUT2D eigenvalue weighted by Gasteiger charge is 2.20. The molecule has 8 nitrogen and oxygen atoms in total. The molecule has 0 aliphatic rings. The molecule has 1 aromatic rings. The maximum Gasteiger partial charge on any atom is 0.303 e. The summed E-state index contributed by atoms with van der Waals surface area (Å²) in [6.07, 6.45) is 2.39. The van der Waals surface area contributed by atoms with Gasteiger partial charge in [0.25, 0.3) is 11.6 Å². The lowest BCUT2D eigenvalue weighted by Crippen LogP contribution is -2.28. The minimum absolute atomic E-state index is 0.0871. The Balaban J connectivity index is 2.42. The highest BCUT2D eigenvalue weighted by atomic mass is 16.6. The van der Waals surface area contributed by atoms with E-state index in [1.54, 1.807) is 0 Å². The molecule has 0 aromatic carbocycles. The van der Waals surface area contributed by atoms with Crippen molar-refractivity contribution < 1.29 is 19.6 Å². The van der Waals surface area contributed by atoms with Gasteiger partial charge in [-0.3, -0.25) is 19.7 Å². The molecule has 0 aliphatic carbocycles. The van der Waals surface area contributed by atoms with E-state index in [1.807, 2.05) is 13.8 Å². The first-order chi connectivity index (χ1) is 9.71. The number of aromatic amines is 1. The fraction of sp³-hybridized carbons (Fsp3) is 0.538. The second kappa shape index (κ2) is 6.87. The van der Waals surface area contributed by atoms with Crippen molar-refractivity contribution in [1.82, 2.24) is 10.3 Å². The molecule has 0 aliphatic heterocycles. The summed E-state index contributed by atoms with van der Waals surface area (Å²) in [6.45, 7) is 4.24. The van der Waals surface area contributed by atoms with Gasteiger partial charge in [0.05, 0.1) is 11.1 Å². The highest BCUT2D eigenvalue weighted by molar-refractivity contribution is 5.93. The van der Waals surface area contributed by atoms with Crippen molar-refractivity contribution >= 4 is 17.6 Å². The predicted molar refractivity (Wildman–Crippen MR) is 75.0 cm³/mol. The molecule has 0 radical (unpaired) electrons. The summed E-state index contributed by atoms with van der Waals surface area (Å²) in [5.41, 5.74) is -0.236. The number of aromatic nitrogens is 1.